The molecule has 3 rings (SSSR count). The maximum atomic E-state index is 12.6. The number of ketones is 1. The Bertz CT molecular complexity index is 890. The van der Waals surface area contributed by atoms with Gasteiger partial charge in [-0.15, -0.1) is 0 Å². The number of ether oxygens (including phenoxy) is 1. The van der Waals surface area contributed by atoms with Crippen molar-refractivity contribution in [3.63, 3.8) is 0 Å². The fourth-order valence-corrected chi connectivity index (χ4v) is 3.33. The zero-order valence-corrected chi connectivity index (χ0v) is 15.5. The highest BCUT2D eigenvalue weighted by molar-refractivity contribution is 7.99. The Morgan fingerprint density at radius 2 is 1.96 bits per heavy atom. The van der Waals surface area contributed by atoms with Crippen LogP contribution >= 0.6 is 11.8 Å². The molecule has 1 fully saturated rings. The predicted molar refractivity (Wildman–Crippen MR) is 98.7 cm³/mol. The van der Waals surface area contributed by atoms with E-state index in [1.54, 1.807) is 29.2 Å². The van der Waals surface area contributed by atoms with Crippen molar-refractivity contribution in [3.05, 3.63) is 53.7 Å². The van der Waals surface area contributed by atoms with Crippen LogP contribution < -0.4 is 4.90 Å². The number of esters is 1. The van der Waals surface area contributed by atoms with Crippen molar-refractivity contribution in [2.45, 2.75) is 23.6 Å². The third-order valence-corrected chi connectivity index (χ3v) is 4.83. The van der Waals surface area contributed by atoms with Crippen LogP contribution in [-0.4, -0.2) is 41.6 Å². The summed E-state index contributed by atoms with van der Waals surface area (Å²) in [7, 11) is 0. The van der Waals surface area contributed by atoms with Gasteiger partial charge in [-0.3, -0.25) is 9.59 Å². The lowest BCUT2D eigenvalue weighted by Crippen LogP contribution is -2.23. The molecule has 6 nitrogen and oxygen atoms in total. The number of hydrogen-bond donors (Lipinski definition) is 0. The molecule has 1 aromatic carbocycles. The van der Waals surface area contributed by atoms with E-state index in [2.05, 4.69) is 4.98 Å². The fraction of sp³-hybridized carbons (Fsp3) is 0.263. The number of pyridine rings is 1. The maximum Gasteiger partial charge on any atom is 0.341 e. The topological polar surface area (TPSA) is 76.6 Å². The van der Waals surface area contributed by atoms with E-state index in [1.165, 1.54) is 18.3 Å². The lowest BCUT2D eigenvalue weighted by atomic mass is 10.1. The van der Waals surface area contributed by atoms with Crippen LogP contribution in [0, 0.1) is 0 Å². The minimum absolute atomic E-state index is 0.0435. The quantitative estimate of drug-likeness (QED) is 0.398. The van der Waals surface area contributed by atoms with Crippen molar-refractivity contribution in [1.29, 1.82) is 0 Å². The highest BCUT2D eigenvalue weighted by atomic mass is 32.2. The molecule has 0 spiro atoms. The number of rotatable bonds is 7. The molecule has 2 aromatic rings. The van der Waals surface area contributed by atoms with Crippen LogP contribution in [0.15, 0.2) is 47.6 Å². The van der Waals surface area contributed by atoms with Gasteiger partial charge in [0.05, 0.1) is 5.56 Å². The SMILES string of the molecule is O=C(COC(=O)c1cccnc1SC(F)F)c1ccc(N2CCCC2=O)cc1. The van der Waals surface area contributed by atoms with Gasteiger partial charge >= 0.3 is 5.97 Å². The molecule has 0 saturated carbocycles. The second kappa shape index (κ2) is 8.92. The summed E-state index contributed by atoms with van der Waals surface area (Å²) in [6, 6.07) is 9.17. The molecule has 2 heterocycles. The van der Waals surface area contributed by atoms with E-state index in [0.29, 0.717) is 24.2 Å². The average Bonchev–Trinajstić information content (AvgIpc) is 3.12. The minimum Gasteiger partial charge on any atom is -0.454 e. The van der Waals surface area contributed by atoms with Gasteiger partial charge in [0.25, 0.3) is 5.76 Å². The molecule has 0 aliphatic carbocycles. The fourth-order valence-electron chi connectivity index (χ4n) is 2.77. The van der Waals surface area contributed by atoms with Gasteiger partial charge in [0, 0.05) is 30.4 Å². The van der Waals surface area contributed by atoms with Crippen LogP contribution in [0.1, 0.15) is 33.6 Å². The standard InChI is InChI=1S/C19H16F2N2O4S/c20-19(21)28-17-14(3-1-9-22-17)18(26)27-11-15(24)12-5-7-13(8-6-12)23-10-2-4-16(23)25/h1,3,5-9,19H,2,4,10-11H2. The van der Waals surface area contributed by atoms with Crippen LogP contribution in [0.5, 0.6) is 0 Å². The highest BCUT2D eigenvalue weighted by Gasteiger charge is 2.22. The van der Waals surface area contributed by atoms with Gasteiger partial charge in [-0.2, -0.15) is 8.78 Å². The number of aromatic nitrogens is 1. The number of carbonyl (C=O) groups excluding carboxylic acids is 3. The summed E-state index contributed by atoms with van der Waals surface area (Å²) in [5.74, 6) is -4.03. The first kappa shape index (κ1) is 19.9. The summed E-state index contributed by atoms with van der Waals surface area (Å²) in [5.41, 5.74) is 0.903. The van der Waals surface area contributed by atoms with Crippen molar-refractivity contribution in [1.82, 2.24) is 4.98 Å². The second-order valence-electron chi connectivity index (χ2n) is 5.93. The van der Waals surface area contributed by atoms with Crippen molar-refractivity contribution in [2.75, 3.05) is 18.1 Å². The van der Waals surface area contributed by atoms with E-state index in [0.717, 1.165) is 6.42 Å². The predicted octanol–water partition coefficient (Wildman–Crippen LogP) is 3.56. The van der Waals surface area contributed by atoms with Crippen molar-refractivity contribution >= 4 is 35.1 Å². The van der Waals surface area contributed by atoms with E-state index in [-0.39, 0.29) is 28.3 Å². The van der Waals surface area contributed by atoms with Gasteiger partial charge in [0.1, 0.15) is 5.03 Å². The third kappa shape index (κ3) is 4.72. The second-order valence-corrected chi connectivity index (χ2v) is 6.91. The molecule has 9 heteroatoms. The number of carbonyl (C=O) groups is 3. The molecule has 1 saturated heterocycles. The molecule has 0 atom stereocenters. The van der Waals surface area contributed by atoms with Gasteiger partial charge in [-0.1, -0.05) is 0 Å². The van der Waals surface area contributed by atoms with Gasteiger partial charge in [-0.25, -0.2) is 9.78 Å². The molecule has 0 radical (unpaired) electrons. The Labute approximate surface area is 163 Å². The summed E-state index contributed by atoms with van der Waals surface area (Å²) in [4.78, 5) is 41.5. The molecule has 1 aromatic heterocycles. The van der Waals surface area contributed by atoms with Crippen LogP contribution in [0.2, 0.25) is 0 Å². The molecule has 28 heavy (non-hydrogen) atoms. The van der Waals surface area contributed by atoms with Crippen molar-refractivity contribution < 1.29 is 27.9 Å². The van der Waals surface area contributed by atoms with Crippen molar-refractivity contribution in [3.8, 4) is 0 Å². The van der Waals surface area contributed by atoms with Gasteiger partial charge in [0.15, 0.2) is 12.4 Å². The molecule has 1 aliphatic rings. The largest absolute Gasteiger partial charge is 0.454 e. The van der Waals surface area contributed by atoms with Gasteiger partial charge in [0.2, 0.25) is 5.91 Å². The maximum absolute atomic E-state index is 12.6. The molecule has 1 aliphatic heterocycles. The summed E-state index contributed by atoms with van der Waals surface area (Å²) in [6.45, 7) is 0.113. The van der Waals surface area contributed by atoms with E-state index >= 15 is 0 Å². The number of Topliss-reactive ketones (excluding diaryl/α,β-unsaturated/α-hetero) is 1. The number of halogens is 2. The third-order valence-electron chi connectivity index (χ3n) is 4.10. The lowest BCUT2D eigenvalue weighted by Gasteiger charge is -2.15. The average molecular weight is 406 g/mol. The molecular formula is C19H16F2N2O4S. The number of alkyl halides is 2. The first-order chi connectivity index (χ1) is 13.5. The molecule has 146 valence electrons. The summed E-state index contributed by atoms with van der Waals surface area (Å²) >= 11 is 0.135. The Hall–Kier alpha value is -2.81. The molecule has 1 amide bonds. The Kier molecular flexibility index (Phi) is 6.35. The normalized spacial score (nSPS) is 13.8. The lowest BCUT2D eigenvalue weighted by molar-refractivity contribution is -0.117. The monoisotopic (exact) mass is 406 g/mol. The Balaban J connectivity index is 1.61. The van der Waals surface area contributed by atoms with Crippen LogP contribution in [-0.2, 0) is 9.53 Å². The number of amides is 1. The van der Waals surface area contributed by atoms with Crippen LogP contribution in [0.4, 0.5) is 14.5 Å². The van der Waals surface area contributed by atoms with E-state index in [4.69, 9.17) is 4.74 Å². The highest BCUT2D eigenvalue weighted by Crippen LogP contribution is 2.27. The number of benzene rings is 1. The first-order valence-electron chi connectivity index (χ1n) is 8.46. The van der Waals surface area contributed by atoms with Crippen LogP contribution in [0.3, 0.4) is 0 Å². The summed E-state index contributed by atoms with van der Waals surface area (Å²) < 4.78 is 30.1. The number of anilines is 1. The molecule has 0 N–H and O–H groups in total. The van der Waals surface area contributed by atoms with E-state index < -0.39 is 24.1 Å². The zero-order valence-electron chi connectivity index (χ0n) is 14.6. The van der Waals surface area contributed by atoms with Crippen LogP contribution in [0.25, 0.3) is 0 Å². The molecule has 0 unspecified atom stereocenters. The zero-order chi connectivity index (χ0) is 20.1. The minimum atomic E-state index is -2.73. The van der Waals surface area contributed by atoms with E-state index in [9.17, 15) is 23.2 Å². The van der Waals surface area contributed by atoms with E-state index in [1.807, 2.05) is 0 Å². The Morgan fingerprint density at radius 3 is 2.61 bits per heavy atom. The first-order valence-corrected chi connectivity index (χ1v) is 9.34. The van der Waals surface area contributed by atoms with Gasteiger partial charge < -0.3 is 9.64 Å². The summed E-state index contributed by atoms with van der Waals surface area (Å²) in [6.07, 6.45) is 2.60. The molecule has 0 bridgehead atoms. The molecular weight excluding hydrogens is 390 g/mol. The number of thioether (sulfide) groups is 1. The smallest absolute Gasteiger partial charge is 0.341 e. The number of nitrogens with zero attached hydrogens (tertiary/aromatic N) is 2. The van der Waals surface area contributed by atoms with Gasteiger partial charge in [-0.05, 0) is 54.6 Å². The summed E-state index contributed by atoms with van der Waals surface area (Å²) in [5, 5.41) is -0.158. The Morgan fingerprint density at radius 1 is 1.21 bits per heavy atom. The number of hydrogen-bond acceptors (Lipinski definition) is 6. The van der Waals surface area contributed by atoms with Crippen molar-refractivity contribution in [2.24, 2.45) is 0 Å².